The quantitative estimate of drug-likeness (QED) is 0.765. The first-order valence-corrected chi connectivity index (χ1v) is 6.80. The van der Waals surface area contributed by atoms with Gasteiger partial charge in [-0.1, -0.05) is 44.9 Å². The van der Waals surface area contributed by atoms with Gasteiger partial charge in [0, 0.05) is 18.2 Å². The first kappa shape index (κ1) is 15.3. The third-order valence-corrected chi connectivity index (χ3v) is 3.27. The number of ether oxygens (including phenoxy) is 1. The van der Waals surface area contributed by atoms with Crippen LogP contribution in [0, 0.1) is 5.92 Å². The lowest BCUT2D eigenvalue weighted by molar-refractivity contribution is -0.116. The predicted octanol–water partition coefficient (Wildman–Crippen LogP) is 3.26. The summed E-state index contributed by atoms with van der Waals surface area (Å²) in [4.78, 5) is 11.7. The SMILES string of the molecule is CCC(CC)CNC(=O)/C=C/c1ccccc1OC. The molecule has 0 bridgehead atoms. The molecule has 1 aromatic rings. The highest BCUT2D eigenvalue weighted by Crippen LogP contribution is 2.18. The van der Waals surface area contributed by atoms with Crippen molar-refractivity contribution in [3.8, 4) is 5.75 Å². The van der Waals surface area contributed by atoms with Crippen LogP contribution in [0.15, 0.2) is 30.3 Å². The molecule has 0 aliphatic rings. The topological polar surface area (TPSA) is 38.3 Å². The Hall–Kier alpha value is -1.77. The Labute approximate surface area is 115 Å². The third kappa shape index (κ3) is 5.16. The maximum atomic E-state index is 11.7. The Bertz CT molecular complexity index is 423. The molecule has 3 heteroatoms. The summed E-state index contributed by atoms with van der Waals surface area (Å²) in [6.07, 6.45) is 5.52. The summed E-state index contributed by atoms with van der Waals surface area (Å²) >= 11 is 0. The monoisotopic (exact) mass is 261 g/mol. The molecule has 0 saturated heterocycles. The number of para-hydroxylation sites is 1. The van der Waals surface area contributed by atoms with Crippen LogP contribution in [0.3, 0.4) is 0 Å². The van der Waals surface area contributed by atoms with E-state index in [0.29, 0.717) is 5.92 Å². The molecule has 0 fully saturated rings. The van der Waals surface area contributed by atoms with Gasteiger partial charge in [0.25, 0.3) is 0 Å². The van der Waals surface area contributed by atoms with Crippen molar-refractivity contribution in [2.24, 2.45) is 5.92 Å². The number of amides is 1. The highest BCUT2D eigenvalue weighted by atomic mass is 16.5. The molecule has 0 saturated carbocycles. The minimum atomic E-state index is -0.0576. The lowest BCUT2D eigenvalue weighted by Crippen LogP contribution is -2.27. The molecular weight excluding hydrogens is 238 g/mol. The fourth-order valence-corrected chi connectivity index (χ4v) is 1.85. The van der Waals surface area contributed by atoms with E-state index in [9.17, 15) is 4.79 Å². The fraction of sp³-hybridized carbons (Fsp3) is 0.438. The summed E-state index contributed by atoms with van der Waals surface area (Å²) in [5.41, 5.74) is 0.905. The molecule has 0 spiro atoms. The number of hydrogen-bond donors (Lipinski definition) is 1. The van der Waals surface area contributed by atoms with Gasteiger partial charge in [-0.25, -0.2) is 0 Å². The second kappa shape index (κ2) is 8.35. The first-order valence-electron chi connectivity index (χ1n) is 6.80. The van der Waals surface area contributed by atoms with Crippen LogP contribution in [0.1, 0.15) is 32.3 Å². The van der Waals surface area contributed by atoms with E-state index in [1.807, 2.05) is 24.3 Å². The zero-order valence-corrected chi connectivity index (χ0v) is 12.0. The molecule has 0 atom stereocenters. The number of nitrogens with one attached hydrogen (secondary N) is 1. The number of rotatable bonds is 7. The van der Waals surface area contributed by atoms with E-state index in [0.717, 1.165) is 30.7 Å². The average Bonchev–Trinajstić information content (AvgIpc) is 2.46. The Morgan fingerprint density at radius 2 is 2.00 bits per heavy atom. The number of benzene rings is 1. The largest absolute Gasteiger partial charge is 0.496 e. The van der Waals surface area contributed by atoms with E-state index in [-0.39, 0.29) is 5.91 Å². The Morgan fingerprint density at radius 3 is 2.63 bits per heavy atom. The summed E-state index contributed by atoms with van der Waals surface area (Å²) in [5.74, 6) is 1.27. The molecule has 0 heterocycles. The molecule has 19 heavy (non-hydrogen) atoms. The minimum Gasteiger partial charge on any atom is -0.496 e. The summed E-state index contributed by atoms with van der Waals surface area (Å²) in [6, 6.07) is 7.62. The van der Waals surface area contributed by atoms with Crippen LogP contribution in [0.25, 0.3) is 6.08 Å². The van der Waals surface area contributed by atoms with E-state index in [1.54, 1.807) is 19.3 Å². The summed E-state index contributed by atoms with van der Waals surface area (Å²) in [6.45, 7) is 5.03. The maximum Gasteiger partial charge on any atom is 0.244 e. The van der Waals surface area contributed by atoms with Crippen LogP contribution in [-0.2, 0) is 4.79 Å². The van der Waals surface area contributed by atoms with Crippen molar-refractivity contribution in [3.05, 3.63) is 35.9 Å². The zero-order chi connectivity index (χ0) is 14.1. The summed E-state index contributed by atoms with van der Waals surface area (Å²) < 4.78 is 5.23. The number of carbonyl (C=O) groups excluding carboxylic acids is 1. The predicted molar refractivity (Wildman–Crippen MR) is 79.1 cm³/mol. The highest BCUT2D eigenvalue weighted by molar-refractivity contribution is 5.92. The van der Waals surface area contributed by atoms with Crippen molar-refractivity contribution in [1.29, 1.82) is 0 Å². The second-order valence-corrected chi connectivity index (χ2v) is 4.50. The van der Waals surface area contributed by atoms with Crippen molar-refractivity contribution in [1.82, 2.24) is 5.32 Å². The molecule has 0 aliphatic carbocycles. The van der Waals surface area contributed by atoms with Gasteiger partial charge < -0.3 is 10.1 Å². The molecule has 0 aliphatic heterocycles. The van der Waals surface area contributed by atoms with Gasteiger partial charge in [-0.15, -0.1) is 0 Å². The van der Waals surface area contributed by atoms with Crippen LogP contribution < -0.4 is 10.1 Å². The molecule has 1 N–H and O–H groups in total. The van der Waals surface area contributed by atoms with Crippen LogP contribution >= 0.6 is 0 Å². The summed E-state index contributed by atoms with van der Waals surface area (Å²) in [7, 11) is 1.62. The van der Waals surface area contributed by atoms with Gasteiger partial charge >= 0.3 is 0 Å². The van der Waals surface area contributed by atoms with E-state index < -0.39 is 0 Å². The molecule has 0 radical (unpaired) electrons. The first-order chi connectivity index (χ1) is 9.21. The molecule has 1 amide bonds. The van der Waals surface area contributed by atoms with Crippen molar-refractivity contribution in [2.75, 3.05) is 13.7 Å². The molecule has 0 aromatic heterocycles. The van der Waals surface area contributed by atoms with E-state index in [1.165, 1.54) is 0 Å². The Kier molecular flexibility index (Phi) is 6.72. The molecule has 1 rings (SSSR count). The van der Waals surface area contributed by atoms with E-state index >= 15 is 0 Å². The lowest BCUT2D eigenvalue weighted by Gasteiger charge is -2.11. The van der Waals surface area contributed by atoms with Gasteiger partial charge in [0.05, 0.1) is 7.11 Å². The zero-order valence-electron chi connectivity index (χ0n) is 12.0. The van der Waals surface area contributed by atoms with Gasteiger partial charge in [-0.3, -0.25) is 4.79 Å². The highest BCUT2D eigenvalue weighted by Gasteiger charge is 2.04. The van der Waals surface area contributed by atoms with E-state index in [4.69, 9.17) is 4.74 Å². The second-order valence-electron chi connectivity index (χ2n) is 4.50. The molecule has 3 nitrogen and oxygen atoms in total. The summed E-state index contributed by atoms with van der Waals surface area (Å²) in [5, 5.41) is 2.93. The fourth-order valence-electron chi connectivity index (χ4n) is 1.85. The van der Waals surface area contributed by atoms with Crippen LogP contribution in [0.2, 0.25) is 0 Å². The number of carbonyl (C=O) groups is 1. The molecule has 0 unspecified atom stereocenters. The molecule has 104 valence electrons. The van der Waals surface area contributed by atoms with Crippen LogP contribution in [-0.4, -0.2) is 19.6 Å². The van der Waals surface area contributed by atoms with Gasteiger partial charge in [0.1, 0.15) is 5.75 Å². The van der Waals surface area contributed by atoms with Crippen molar-refractivity contribution < 1.29 is 9.53 Å². The van der Waals surface area contributed by atoms with Crippen LogP contribution in [0.5, 0.6) is 5.75 Å². The number of methoxy groups -OCH3 is 1. The van der Waals surface area contributed by atoms with Crippen LogP contribution in [0.4, 0.5) is 0 Å². The van der Waals surface area contributed by atoms with Gasteiger partial charge in [0.2, 0.25) is 5.91 Å². The Morgan fingerprint density at radius 1 is 1.32 bits per heavy atom. The number of hydrogen-bond acceptors (Lipinski definition) is 2. The van der Waals surface area contributed by atoms with E-state index in [2.05, 4.69) is 19.2 Å². The van der Waals surface area contributed by atoms with Crippen molar-refractivity contribution in [3.63, 3.8) is 0 Å². The van der Waals surface area contributed by atoms with Crippen molar-refractivity contribution >= 4 is 12.0 Å². The van der Waals surface area contributed by atoms with Gasteiger partial charge in [-0.05, 0) is 18.1 Å². The molecule has 1 aromatic carbocycles. The average molecular weight is 261 g/mol. The van der Waals surface area contributed by atoms with Crippen molar-refractivity contribution in [2.45, 2.75) is 26.7 Å². The standard InChI is InChI=1S/C16H23NO2/c1-4-13(5-2)12-17-16(18)11-10-14-8-6-7-9-15(14)19-3/h6-11,13H,4-5,12H2,1-3H3,(H,17,18)/b11-10+. The minimum absolute atomic E-state index is 0.0576. The molecular formula is C16H23NO2. The van der Waals surface area contributed by atoms with Gasteiger partial charge in [0.15, 0.2) is 0 Å². The Balaban J connectivity index is 2.54. The normalized spacial score (nSPS) is 10.9. The maximum absolute atomic E-state index is 11.7. The third-order valence-electron chi connectivity index (χ3n) is 3.27. The smallest absolute Gasteiger partial charge is 0.244 e. The van der Waals surface area contributed by atoms with Gasteiger partial charge in [-0.2, -0.15) is 0 Å². The lowest BCUT2D eigenvalue weighted by atomic mass is 10.0.